The van der Waals surface area contributed by atoms with Gasteiger partial charge in [-0.15, -0.1) is 24.0 Å². The normalized spacial score (nSPS) is 14.5. The smallest absolute Gasteiger partial charge is 0.193 e. The molecular formula is C24H33FIN3O3. The monoisotopic (exact) mass is 557 g/mol. The molecule has 0 bridgehead atoms. The summed E-state index contributed by atoms with van der Waals surface area (Å²) in [5.74, 6) is 0.660. The molecule has 0 aliphatic carbocycles. The zero-order chi connectivity index (χ0) is 21.9. The lowest BCUT2D eigenvalue weighted by Crippen LogP contribution is -2.40. The minimum atomic E-state index is -0.353. The molecule has 1 saturated heterocycles. The van der Waals surface area contributed by atoms with E-state index in [-0.39, 0.29) is 41.6 Å². The van der Waals surface area contributed by atoms with Crippen molar-refractivity contribution in [1.82, 2.24) is 10.2 Å². The Labute approximate surface area is 207 Å². The first-order valence-corrected chi connectivity index (χ1v) is 10.7. The van der Waals surface area contributed by atoms with E-state index in [1.54, 1.807) is 25.2 Å². The summed E-state index contributed by atoms with van der Waals surface area (Å²) in [6.45, 7) is 3.76. The summed E-state index contributed by atoms with van der Waals surface area (Å²) in [5, 5.41) is 3.37. The maximum Gasteiger partial charge on any atom is 0.193 e. The van der Waals surface area contributed by atoms with Crippen LogP contribution in [0.2, 0.25) is 0 Å². The van der Waals surface area contributed by atoms with Gasteiger partial charge in [-0.25, -0.2) is 4.39 Å². The number of para-hydroxylation sites is 1. The standard InChI is InChI=1S/C24H32FN3O3.HI/c1-26-24(28(2)12-15-30-23-9-4-3-8-22(23)25)27-17-19-6-5-7-20(16-19)18-31-21-10-13-29-14-11-21;/h3-9,16,21H,10-15,17-18H2,1-2H3,(H,26,27);1H. The highest BCUT2D eigenvalue weighted by Crippen LogP contribution is 2.16. The van der Waals surface area contributed by atoms with Crippen LogP contribution in [-0.4, -0.2) is 57.4 Å². The van der Waals surface area contributed by atoms with Crippen molar-refractivity contribution < 1.29 is 18.6 Å². The highest BCUT2D eigenvalue weighted by Gasteiger charge is 2.14. The van der Waals surface area contributed by atoms with Crippen LogP contribution in [0.1, 0.15) is 24.0 Å². The van der Waals surface area contributed by atoms with Crippen molar-refractivity contribution in [3.05, 3.63) is 65.5 Å². The third kappa shape index (κ3) is 8.55. The van der Waals surface area contributed by atoms with Crippen molar-refractivity contribution in [2.75, 3.05) is 40.5 Å². The zero-order valence-corrected chi connectivity index (χ0v) is 21.1. The average Bonchev–Trinajstić information content (AvgIpc) is 2.80. The molecule has 1 fully saturated rings. The number of aliphatic imine (C=N–C) groups is 1. The number of ether oxygens (including phenoxy) is 3. The van der Waals surface area contributed by atoms with E-state index in [1.165, 1.54) is 6.07 Å². The molecule has 0 aromatic heterocycles. The SMILES string of the molecule is CN=C(NCc1cccc(COC2CCOCC2)c1)N(C)CCOc1ccccc1F.I. The van der Waals surface area contributed by atoms with Crippen LogP contribution in [0.4, 0.5) is 4.39 Å². The molecule has 1 N–H and O–H groups in total. The molecule has 0 atom stereocenters. The lowest BCUT2D eigenvalue weighted by atomic mass is 10.1. The molecule has 2 aromatic carbocycles. The number of nitrogens with zero attached hydrogens (tertiary/aromatic N) is 2. The Kier molecular flexibility index (Phi) is 11.8. The second kappa shape index (κ2) is 14.3. The molecule has 1 aliphatic rings. The number of nitrogens with one attached hydrogen (secondary N) is 1. The summed E-state index contributed by atoms with van der Waals surface area (Å²) in [6, 6.07) is 14.8. The molecule has 0 saturated carbocycles. The van der Waals surface area contributed by atoms with E-state index >= 15 is 0 Å². The van der Waals surface area contributed by atoms with Crippen LogP contribution in [0.3, 0.4) is 0 Å². The van der Waals surface area contributed by atoms with E-state index in [4.69, 9.17) is 14.2 Å². The summed E-state index contributed by atoms with van der Waals surface area (Å²) < 4.78 is 30.6. The number of halogens is 2. The van der Waals surface area contributed by atoms with Gasteiger partial charge in [-0.1, -0.05) is 36.4 Å². The Bertz CT molecular complexity index is 847. The van der Waals surface area contributed by atoms with Gasteiger partial charge in [-0.3, -0.25) is 4.99 Å². The molecular weight excluding hydrogens is 524 g/mol. The van der Waals surface area contributed by atoms with Crippen molar-refractivity contribution in [1.29, 1.82) is 0 Å². The Balaban J connectivity index is 0.00000363. The van der Waals surface area contributed by atoms with Gasteiger partial charge in [0.2, 0.25) is 0 Å². The largest absolute Gasteiger partial charge is 0.489 e. The van der Waals surface area contributed by atoms with E-state index in [0.29, 0.717) is 26.3 Å². The highest BCUT2D eigenvalue weighted by molar-refractivity contribution is 14.0. The molecule has 32 heavy (non-hydrogen) atoms. The first-order chi connectivity index (χ1) is 15.2. The summed E-state index contributed by atoms with van der Waals surface area (Å²) >= 11 is 0. The number of likely N-dealkylation sites (N-methyl/N-ethyl adjacent to an activating group) is 1. The maximum absolute atomic E-state index is 13.7. The molecule has 1 heterocycles. The van der Waals surface area contributed by atoms with Crippen LogP contribution in [0.25, 0.3) is 0 Å². The van der Waals surface area contributed by atoms with Crippen molar-refractivity contribution in [2.45, 2.75) is 32.1 Å². The lowest BCUT2D eigenvalue weighted by Gasteiger charge is -2.23. The molecule has 0 radical (unpaired) electrons. The Morgan fingerprint density at radius 2 is 1.91 bits per heavy atom. The molecule has 0 amide bonds. The van der Waals surface area contributed by atoms with Gasteiger partial charge < -0.3 is 24.4 Å². The minimum absolute atomic E-state index is 0. The number of hydrogen-bond donors (Lipinski definition) is 1. The molecule has 6 nitrogen and oxygen atoms in total. The number of hydrogen-bond acceptors (Lipinski definition) is 4. The number of benzene rings is 2. The van der Waals surface area contributed by atoms with E-state index < -0.39 is 0 Å². The van der Waals surface area contributed by atoms with Crippen LogP contribution in [0, 0.1) is 5.82 Å². The van der Waals surface area contributed by atoms with E-state index in [1.807, 2.05) is 11.9 Å². The quantitative estimate of drug-likeness (QED) is 0.284. The number of rotatable bonds is 9. The van der Waals surface area contributed by atoms with Gasteiger partial charge >= 0.3 is 0 Å². The second-order valence-corrected chi connectivity index (χ2v) is 7.54. The minimum Gasteiger partial charge on any atom is -0.489 e. The van der Waals surface area contributed by atoms with E-state index in [2.05, 4.69) is 34.6 Å². The van der Waals surface area contributed by atoms with Crippen LogP contribution >= 0.6 is 24.0 Å². The fourth-order valence-electron chi connectivity index (χ4n) is 3.41. The average molecular weight is 557 g/mol. The summed E-state index contributed by atoms with van der Waals surface area (Å²) in [4.78, 5) is 6.29. The Hall–Kier alpha value is -1.91. The topological polar surface area (TPSA) is 55.3 Å². The van der Waals surface area contributed by atoms with Crippen molar-refractivity contribution in [3.8, 4) is 5.75 Å². The first kappa shape index (κ1) is 26.3. The highest BCUT2D eigenvalue weighted by atomic mass is 127. The van der Waals surface area contributed by atoms with Crippen LogP contribution < -0.4 is 10.1 Å². The predicted molar refractivity (Wildman–Crippen MR) is 135 cm³/mol. The third-order valence-corrected chi connectivity index (χ3v) is 5.19. The zero-order valence-electron chi connectivity index (χ0n) is 18.8. The van der Waals surface area contributed by atoms with Crippen molar-refractivity contribution in [3.63, 3.8) is 0 Å². The Morgan fingerprint density at radius 3 is 2.66 bits per heavy atom. The van der Waals surface area contributed by atoms with Crippen LogP contribution in [0.5, 0.6) is 5.75 Å². The van der Waals surface area contributed by atoms with Gasteiger partial charge in [0.1, 0.15) is 6.61 Å². The maximum atomic E-state index is 13.7. The van der Waals surface area contributed by atoms with Crippen LogP contribution in [-0.2, 0) is 22.6 Å². The van der Waals surface area contributed by atoms with E-state index in [0.717, 1.165) is 43.1 Å². The van der Waals surface area contributed by atoms with Crippen molar-refractivity contribution in [2.24, 2.45) is 4.99 Å². The third-order valence-electron chi connectivity index (χ3n) is 5.19. The Morgan fingerprint density at radius 1 is 1.16 bits per heavy atom. The summed E-state index contributed by atoms with van der Waals surface area (Å²) in [7, 11) is 3.67. The molecule has 176 valence electrons. The van der Waals surface area contributed by atoms with Crippen molar-refractivity contribution >= 4 is 29.9 Å². The second-order valence-electron chi connectivity index (χ2n) is 7.54. The van der Waals surface area contributed by atoms with Gasteiger partial charge in [-0.2, -0.15) is 0 Å². The molecule has 1 aliphatic heterocycles. The van der Waals surface area contributed by atoms with Gasteiger partial charge in [0.15, 0.2) is 17.5 Å². The molecule has 0 unspecified atom stereocenters. The molecule has 2 aromatic rings. The fraction of sp³-hybridized carbons (Fsp3) is 0.458. The summed E-state index contributed by atoms with van der Waals surface area (Å²) in [5.41, 5.74) is 2.32. The van der Waals surface area contributed by atoms with E-state index in [9.17, 15) is 4.39 Å². The number of guanidine groups is 1. The van der Waals surface area contributed by atoms with Gasteiger partial charge in [-0.05, 0) is 36.1 Å². The van der Waals surface area contributed by atoms with Gasteiger partial charge in [0.05, 0.1) is 19.3 Å². The van der Waals surface area contributed by atoms with Gasteiger partial charge in [0, 0.05) is 33.9 Å². The van der Waals surface area contributed by atoms with Gasteiger partial charge in [0.25, 0.3) is 0 Å². The molecule has 0 spiro atoms. The molecule has 3 rings (SSSR count). The summed E-state index contributed by atoms with van der Waals surface area (Å²) in [6.07, 6.45) is 2.21. The lowest BCUT2D eigenvalue weighted by molar-refractivity contribution is -0.0390. The first-order valence-electron chi connectivity index (χ1n) is 10.7. The fourth-order valence-corrected chi connectivity index (χ4v) is 3.41. The van der Waals surface area contributed by atoms with Crippen LogP contribution in [0.15, 0.2) is 53.5 Å². The molecule has 8 heteroatoms. The predicted octanol–water partition coefficient (Wildman–Crippen LogP) is 4.23.